The second kappa shape index (κ2) is 22.8. The van der Waals surface area contributed by atoms with E-state index >= 15 is 0 Å². The third kappa shape index (κ3) is 13.6. The average Bonchev–Trinajstić information content (AvgIpc) is 4.18. The summed E-state index contributed by atoms with van der Waals surface area (Å²) in [5.74, 6) is 2.28. The van der Waals surface area contributed by atoms with Gasteiger partial charge < -0.3 is 30.3 Å². The van der Waals surface area contributed by atoms with Crippen molar-refractivity contribution in [1.29, 1.82) is 0 Å². The molecule has 25 heteroatoms. The number of amides is 2. The first-order chi connectivity index (χ1) is 38.5. The van der Waals surface area contributed by atoms with Crippen molar-refractivity contribution in [2.45, 2.75) is 127 Å². The SMILES string of the molecule is CC1(CCOc2ccn(-c3ccc(C(=O)NS(=O)(=O)c4cccc(NCCC5CCNC5(C)C)n4)c(Cl)n3)n2)CC1.CC1(CCOc2ccn(-c3ccc4c(n3)N3CCC(CCNc5cccc(n5)S(=O)(=O)NC4=O)C3(C)C)n2)CC1. The molecule has 2 atom stereocenters. The van der Waals surface area contributed by atoms with E-state index in [-0.39, 0.29) is 37.4 Å². The highest BCUT2D eigenvalue weighted by molar-refractivity contribution is 7.90. The summed E-state index contributed by atoms with van der Waals surface area (Å²) in [4.78, 5) is 46.0. The number of carbonyl (C=O) groups excluding carboxylic acids is 2. The summed E-state index contributed by atoms with van der Waals surface area (Å²) in [5.41, 5.74) is 0.606. The van der Waals surface area contributed by atoms with E-state index in [0.29, 0.717) is 96.4 Å². The lowest BCUT2D eigenvalue weighted by molar-refractivity contribution is 0.0972. The lowest BCUT2D eigenvalue weighted by Crippen LogP contribution is -2.45. The number of hydrogen-bond acceptors (Lipinski definition) is 18. The van der Waals surface area contributed by atoms with Crippen molar-refractivity contribution in [3.05, 3.63) is 101 Å². The van der Waals surface area contributed by atoms with Crippen LogP contribution in [0.5, 0.6) is 11.8 Å². The number of halogens is 1. The van der Waals surface area contributed by atoms with Gasteiger partial charge in [0.05, 0.1) is 24.3 Å². The molecule has 3 aliphatic heterocycles. The van der Waals surface area contributed by atoms with Crippen molar-refractivity contribution in [2.75, 3.05) is 54.9 Å². The molecule has 22 nitrogen and oxygen atoms in total. The number of hydrogen-bond donors (Lipinski definition) is 5. The molecule has 4 bridgehead atoms. The molecule has 2 amide bonds. The van der Waals surface area contributed by atoms with Gasteiger partial charge in [0.15, 0.2) is 21.7 Å². The zero-order valence-electron chi connectivity index (χ0n) is 46.5. The summed E-state index contributed by atoms with van der Waals surface area (Å²) in [6, 6.07) is 19.0. The van der Waals surface area contributed by atoms with Gasteiger partial charge in [-0.25, -0.2) is 38.7 Å². The van der Waals surface area contributed by atoms with Gasteiger partial charge in [-0.15, -0.1) is 10.2 Å². The van der Waals surface area contributed by atoms with Crippen molar-refractivity contribution in [2.24, 2.45) is 22.7 Å². The fourth-order valence-electron chi connectivity index (χ4n) is 10.6. The van der Waals surface area contributed by atoms with Crippen LogP contribution >= 0.6 is 11.6 Å². The van der Waals surface area contributed by atoms with Gasteiger partial charge in [-0.3, -0.25) is 9.59 Å². The summed E-state index contributed by atoms with van der Waals surface area (Å²) >= 11 is 6.28. The Labute approximate surface area is 478 Å². The molecule has 5 aliphatic rings. The molecule has 2 saturated carbocycles. The van der Waals surface area contributed by atoms with Crippen molar-refractivity contribution < 1.29 is 35.9 Å². The number of pyridine rings is 4. The van der Waals surface area contributed by atoms with Crippen molar-refractivity contribution in [3.63, 3.8) is 0 Å². The van der Waals surface area contributed by atoms with Gasteiger partial charge in [-0.2, -0.15) is 16.8 Å². The van der Waals surface area contributed by atoms with E-state index in [1.807, 2.05) is 4.72 Å². The van der Waals surface area contributed by atoms with Crippen LogP contribution in [0.15, 0.2) is 95.2 Å². The Bertz CT molecular complexity index is 3530. The Morgan fingerprint density at radius 2 is 1.43 bits per heavy atom. The van der Waals surface area contributed by atoms with Crippen LogP contribution in [0.1, 0.15) is 126 Å². The smallest absolute Gasteiger partial charge is 0.281 e. The minimum atomic E-state index is -4.26. The Morgan fingerprint density at radius 3 is 2.07 bits per heavy atom. The summed E-state index contributed by atoms with van der Waals surface area (Å²) in [6.45, 7) is 17.3. The lowest BCUT2D eigenvalue weighted by Gasteiger charge is -2.38. The van der Waals surface area contributed by atoms with Crippen LogP contribution in [0.25, 0.3) is 11.6 Å². The molecule has 2 unspecified atom stereocenters. The molecule has 5 N–H and O–H groups in total. The largest absolute Gasteiger partial charge is 0.477 e. The van der Waals surface area contributed by atoms with Gasteiger partial charge in [-0.1, -0.05) is 37.6 Å². The van der Waals surface area contributed by atoms with Crippen LogP contribution in [0.4, 0.5) is 17.5 Å². The molecule has 9 heterocycles. The number of sulfonamides is 2. The number of nitrogens with zero attached hydrogens (tertiary/aromatic N) is 9. The molecule has 4 fully saturated rings. The minimum absolute atomic E-state index is 0.0719. The molecule has 2 aliphatic carbocycles. The average molecular weight is 1170 g/mol. The first-order valence-electron chi connectivity index (χ1n) is 27.6. The fourth-order valence-corrected chi connectivity index (χ4v) is 12.7. The van der Waals surface area contributed by atoms with Crippen molar-refractivity contribution >= 4 is 60.9 Å². The van der Waals surface area contributed by atoms with Crippen LogP contribution in [0, 0.1) is 22.7 Å². The monoisotopic (exact) mass is 1170 g/mol. The Balaban J connectivity index is 0.000000182. The number of fused-ring (bicyclic) bond motifs is 6. The number of aromatic nitrogens is 8. The van der Waals surface area contributed by atoms with Crippen LogP contribution in [0.3, 0.4) is 0 Å². The molecule has 0 spiro atoms. The quantitative estimate of drug-likeness (QED) is 0.0542. The van der Waals surface area contributed by atoms with Gasteiger partial charge >= 0.3 is 0 Å². The zero-order chi connectivity index (χ0) is 57.4. The third-order valence-corrected chi connectivity index (χ3v) is 19.4. The predicted molar refractivity (Wildman–Crippen MR) is 306 cm³/mol. The molecule has 0 aromatic carbocycles. The van der Waals surface area contributed by atoms with Crippen molar-refractivity contribution in [1.82, 2.24) is 54.3 Å². The van der Waals surface area contributed by atoms with Crippen LogP contribution < -0.4 is 39.8 Å². The Morgan fingerprint density at radius 1 is 0.778 bits per heavy atom. The van der Waals surface area contributed by atoms with Gasteiger partial charge in [0, 0.05) is 55.2 Å². The van der Waals surface area contributed by atoms with E-state index in [4.69, 9.17) is 26.1 Å². The maximum atomic E-state index is 13.5. The number of rotatable bonds is 17. The number of carbonyl (C=O) groups is 2. The molecular formula is C56H71ClN14O8S2. The van der Waals surface area contributed by atoms with E-state index in [9.17, 15) is 26.4 Å². The molecule has 6 aromatic heterocycles. The van der Waals surface area contributed by atoms with Gasteiger partial charge in [-0.05, 0) is 170 Å². The van der Waals surface area contributed by atoms with E-state index in [1.54, 1.807) is 65.6 Å². The molecule has 2 saturated heterocycles. The van der Waals surface area contributed by atoms with Gasteiger partial charge in [0.1, 0.15) is 22.6 Å². The zero-order valence-corrected chi connectivity index (χ0v) is 48.9. The minimum Gasteiger partial charge on any atom is -0.477 e. The molecule has 0 radical (unpaired) electrons. The van der Waals surface area contributed by atoms with Crippen LogP contribution in [0.2, 0.25) is 5.15 Å². The standard InChI is InChI=1S/C28H36ClN7O4S.C28H35N7O4S/c1-27(2)19(10-16-31-27)9-15-30-21-5-4-6-24(32-21)41(38,39)35-26(37)20-7-8-22(33-25(20)29)36-17-11-23(34-36)40-18-14-28(3)12-13-28;1-27(2)19-9-15-29-21-5-4-6-24(30-21)40(37,38)33-26(36)20-7-8-22(31-25(20)34(27)16-10-19)35-17-11-23(32-35)39-18-14-28(3)12-13-28/h4-8,11,17,19,31H,9-10,12-16,18H2,1-3H3,(H,30,32)(H,35,37);4-8,11,17,19H,9-10,12-16,18H2,1-3H3,(H,29,30)(H,33,36). The first-order valence-corrected chi connectivity index (χ1v) is 31.0. The fraction of sp³-hybridized carbons (Fsp3) is 0.500. The summed E-state index contributed by atoms with van der Waals surface area (Å²) in [5, 5.41) is 18.2. The van der Waals surface area contributed by atoms with Gasteiger partial charge in [0.25, 0.3) is 31.9 Å². The maximum absolute atomic E-state index is 13.5. The Hall–Kier alpha value is -6.89. The summed E-state index contributed by atoms with van der Waals surface area (Å²) < 4.78 is 71.1. The lowest BCUT2D eigenvalue weighted by atomic mass is 9.85. The summed E-state index contributed by atoms with van der Waals surface area (Å²) in [6.07, 6.45) is 14.1. The number of anilines is 3. The van der Waals surface area contributed by atoms with Crippen molar-refractivity contribution in [3.8, 4) is 23.4 Å². The van der Waals surface area contributed by atoms with Crippen LogP contribution in [-0.4, -0.2) is 119 Å². The highest BCUT2D eigenvalue weighted by atomic mass is 35.5. The molecule has 432 valence electrons. The number of ether oxygens (including phenoxy) is 2. The molecular weight excluding hydrogens is 1100 g/mol. The normalized spacial score (nSPS) is 20.7. The second-order valence-electron chi connectivity index (χ2n) is 23.5. The van der Waals surface area contributed by atoms with E-state index in [2.05, 4.69) is 92.3 Å². The highest BCUT2D eigenvalue weighted by Crippen LogP contribution is 2.49. The van der Waals surface area contributed by atoms with Crippen LogP contribution in [-0.2, 0) is 20.0 Å². The predicted octanol–water partition coefficient (Wildman–Crippen LogP) is 7.96. The topological polar surface area (TPSA) is 271 Å². The third-order valence-electron chi connectivity index (χ3n) is 16.7. The van der Waals surface area contributed by atoms with E-state index in [0.717, 1.165) is 45.1 Å². The van der Waals surface area contributed by atoms with E-state index < -0.39 is 31.9 Å². The molecule has 11 rings (SSSR count). The second-order valence-corrected chi connectivity index (χ2v) is 27.1. The maximum Gasteiger partial charge on any atom is 0.281 e. The molecule has 81 heavy (non-hydrogen) atoms. The molecule has 6 aromatic rings. The highest BCUT2D eigenvalue weighted by Gasteiger charge is 2.44. The number of nitrogens with one attached hydrogen (secondary N) is 5. The first kappa shape index (κ1) is 57.3. The van der Waals surface area contributed by atoms with Gasteiger partial charge in [0.2, 0.25) is 11.8 Å². The van der Waals surface area contributed by atoms with E-state index in [1.165, 1.54) is 54.6 Å². The Kier molecular flexibility index (Phi) is 16.1. The summed E-state index contributed by atoms with van der Waals surface area (Å²) in [7, 11) is -8.47.